The topological polar surface area (TPSA) is 47.0 Å². The van der Waals surface area contributed by atoms with Gasteiger partial charge in [-0.15, -0.1) is 0 Å². The van der Waals surface area contributed by atoms with Crippen LogP contribution in [-0.2, 0) is 22.9 Å². The van der Waals surface area contributed by atoms with Crippen molar-refractivity contribution in [2.75, 3.05) is 13.2 Å². The maximum absolute atomic E-state index is 13.9. The third kappa shape index (κ3) is 5.24. The Balaban J connectivity index is 1.28. The molecule has 5 rings (SSSR count). The van der Waals surface area contributed by atoms with Gasteiger partial charge in [-0.05, 0) is 80.7 Å². The number of aromatic nitrogens is 2. The van der Waals surface area contributed by atoms with Gasteiger partial charge in [-0.2, -0.15) is 13.2 Å². The number of pyridine rings is 2. The Bertz CT molecular complexity index is 1020. The molecule has 0 bridgehead atoms. The molecule has 3 fully saturated rings. The first kappa shape index (κ1) is 24.6. The van der Waals surface area contributed by atoms with E-state index in [9.17, 15) is 17.6 Å². The molecule has 1 aliphatic heterocycles. The van der Waals surface area contributed by atoms with E-state index in [4.69, 9.17) is 9.72 Å². The van der Waals surface area contributed by atoms with E-state index in [0.717, 1.165) is 50.1 Å². The zero-order valence-corrected chi connectivity index (χ0v) is 20.0. The monoisotopic (exact) mass is 491 g/mol. The summed E-state index contributed by atoms with van der Waals surface area (Å²) in [5.74, 6) is -0.695. The fourth-order valence-corrected chi connectivity index (χ4v) is 6.16. The van der Waals surface area contributed by atoms with Crippen molar-refractivity contribution in [2.45, 2.75) is 93.9 Å². The second-order valence-corrected chi connectivity index (χ2v) is 10.6. The molecular formula is C27H33F4N3O. The van der Waals surface area contributed by atoms with Crippen molar-refractivity contribution in [3.63, 3.8) is 0 Å². The number of hydrogen-bond donors (Lipinski definition) is 1. The lowest BCUT2D eigenvalue weighted by atomic mass is 9.67. The van der Waals surface area contributed by atoms with Crippen LogP contribution < -0.4 is 5.32 Å². The predicted molar refractivity (Wildman–Crippen MR) is 124 cm³/mol. The van der Waals surface area contributed by atoms with E-state index < -0.39 is 17.7 Å². The quantitative estimate of drug-likeness (QED) is 0.358. The van der Waals surface area contributed by atoms with Gasteiger partial charge in [-0.1, -0.05) is 25.3 Å². The first-order chi connectivity index (χ1) is 16.8. The summed E-state index contributed by atoms with van der Waals surface area (Å²) in [5.41, 5.74) is 1.17. The van der Waals surface area contributed by atoms with Gasteiger partial charge in [-0.3, -0.25) is 4.98 Å². The SMILES string of the molecule is Fc1cc(CNCCC2(c3ccc(C4CCC4)cn3)CCOC3(CCCC3)C2)cnc1C(F)(F)F. The summed E-state index contributed by atoms with van der Waals surface area (Å²) < 4.78 is 58.6. The van der Waals surface area contributed by atoms with Crippen molar-refractivity contribution in [3.05, 3.63) is 58.9 Å². The predicted octanol–water partition coefficient (Wildman–Crippen LogP) is 6.44. The minimum Gasteiger partial charge on any atom is -0.375 e. The lowest BCUT2D eigenvalue weighted by molar-refractivity contribution is -0.143. The highest BCUT2D eigenvalue weighted by molar-refractivity contribution is 5.26. The summed E-state index contributed by atoms with van der Waals surface area (Å²) in [6.07, 6.45) is 9.35. The number of alkyl halides is 3. The van der Waals surface area contributed by atoms with Crippen molar-refractivity contribution in [2.24, 2.45) is 0 Å². The van der Waals surface area contributed by atoms with Gasteiger partial charge in [0.25, 0.3) is 0 Å². The van der Waals surface area contributed by atoms with E-state index in [2.05, 4.69) is 28.6 Å². The Kier molecular flexibility index (Phi) is 6.87. The zero-order chi connectivity index (χ0) is 24.5. The third-order valence-corrected chi connectivity index (χ3v) is 8.35. The van der Waals surface area contributed by atoms with Crippen molar-refractivity contribution in [1.29, 1.82) is 0 Å². The molecule has 3 aliphatic rings. The molecule has 1 spiro atoms. The number of nitrogens with one attached hydrogen (secondary N) is 1. The number of hydrogen-bond acceptors (Lipinski definition) is 4. The highest BCUT2D eigenvalue weighted by Crippen LogP contribution is 2.50. The van der Waals surface area contributed by atoms with Crippen LogP contribution in [-0.4, -0.2) is 28.7 Å². The van der Waals surface area contributed by atoms with E-state index in [1.54, 1.807) is 0 Å². The fraction of sp³-hybridized carbons (Fsp3) is 0.630. The molecule has 0 aromatic carbocycles. The summed E-state index contributed by atoms with van der Waals surface area (Å²) in [7, 11) is 0. The number of ether oxygens (including phenoxy) is 1. The zero-order valence-electron chi connectivity index (χ0n) is 20.0. The molecule has 2 aromatic rings. The smallest absolute Gasteiger partial charge is 0.375 e. The molecule has 2 aromatic heterocycles. The van der Waals surface area contributed by atoms with Gasteiger partial charge in [-0.25, -0.2) is 9.37 Å². The lowest BCUT2D eigenvalue weighted by Crippen LogP contribution is -2.47. The third-order valence-electron chi connectivity index (χ3n) is 8.35. The van der Waals surface area contributed by atoms with Crippen LogP contribution in [0, 0.1) is 5.82 Å². The summed E-state index contributed by atoms with van der Waals surface area (Å²) in [4.78, 5) is 8.26. The van der Waals surface area contributed by atoms with Gasteiger partial charge >= 0.3 is 6.18 Å². The van der Waals surface area contributed by atoms with Crippen LogP contribution in [0.5, 0.6) is 0 Å². The lowest BCUT2D eigenvalue weighted by Gasteiger charge is -2.46. The molecular weight excluding hydrogens is 458 g/mol. The number of halogens is 4. The molecule has 1 atom stereocenters. The normalized spacial score (nSPS) is 24.6. The highest BCUT2D eigenvalue weighted by Gasteiger charge is 2.48. The van der Waals surface area contributed by atoms with Gasteiger partial charge < -0.3 is 10.1 Å². The Hall–Kier alpha value is -2.06. The van der Waals surface area contributed by atoms with Crippen molar-refractivity contribution in [1.82, 2.24) is 15.3 Å². The molecule has 35 heavy (non-hydrogen) atoms. The second-order valence-electron chi connectivity index (χ2n) is 10.6. The average molecular weight is 492 g/mol. The fourth-order valence-electron chi connectivity index (χ4n) is 6.16. The first-order valence-corrected chi connectivity index (χ1v) is 12.8. The van der Waals surface area contributed by atoms with Crippen LogP contribution in [0.25, 0.3) is 0 Å². The second kappa shape index (κ2) is 9.77. The molecule has 190 valence electrons. The number of nitrogens with zero attached hydrogens (tertiary/aromatic N) is 2. The molecule has 1 unspecified atom stereocenters. The molecule has 1 N–H and O–H groups in total. The van der Waals surface area contributed by atoms with E-state index in [0.29, 0.717) is 24.6 Å². The van der Waals surface area contributed by atoms with Crippen molar-refractivity contribution < 1.29 is 22.3 Å². The Morgan fingerprint density at radius 1 is 1.03 bits per heavy atom. The largest absolute Gasteiger partial charge is 0.436 e. The van der Waals surface area contributed by atoms with E-state index >= 15 is 0 Å². The molecule has 0 amide bonds. The molecule has 3 heterocycles. The highest BCUT2D eigenvalue weighted by atomic mass is 19.4. The van der Waals surface area contributed by atoms with Crippen LogP contribution in [0.15, 0.2) is 30.6 Å². The summed E-state index contributed by atoms with van der Waals surface area (Å²) in [6.45, 7) is 1.61. The standard InChI is InChI=1S/C27H33F4N3O/c28-22-14-19(16-34-24(22)27(29,30)31)15-32-12-10-25(11-13-35-26(18-25)8-1-2-9-26)23-7-6-21(17-33-23)20-4-3-5-20/h6-7,14,16-17,20,32H,1-5,8-13,15,18H2. The van der Waals surface area contributed by atoms with Gasteiger partial charge in [0.2, 0.25) is 0 Å². The summed E-state index contributed by atoms with van der Waals surface area (Å²) >= 11 is 0. The Morgan fingerprint density at radius 3 is 2.46 bits per heavy atom. The van der Waals surface area contributed by atoms with E-state index in [1.807, 2.05) is 0 Å². The minimum absolute atomic E-state index is 0.0763. The Morgan fingerprint density at radius 2 is 1.83 bits per heavy atom. The van der Waals surface area contributed by atoms with Crippen LogP contribution >= 0.6 is 0 Å². The van der Waals surface area contributed by atoms with Crippen molar-refractivity contribution >= 4 is 0 Å². The minimum atomic E-state index is -4.79. The van der Waals surface area contributed by atoms with Gasteiger partial charge in [0, 0.05) is 36.7 Å². The van der Waals surface area contributed by atoms with Crippen LogP contribution in [0.4, 0.5) is 17.6 Å². The van der Waals surface area contributed by atoms with Gasteiger partial charge in [0.15, 0.2) is 11.5 Å². The van der Waals surface area contributed by atoms with Gasteiger partial charge in [0.1, 0.15) is 0 Å². The maximum atomic E-state index is 13.9. The van der Waals surface area contributed by atoms with E-state index in [1.165, 1.54) is 37.7 Å². The molecule has 2 aliphatic carbocycles. The van der Waals surface area contributed by atoms with Crippen LogP contribution in [0.2, 0.25) is 0 Å². The first-order valence-electron chi connectivity index (χ1n) is 12.8. The Labute approximate surface area is 203 Å². The van der Waals surface area contributed by atoms with Crippen LogP contribution in [0.3, 0.4) is 0 Å². The molecule has 2 saturated carbocycles. The average Bonchev–Trinajstić information content (AvgIpc) is 3.22. The number of rotatable bonds is 7. The van der Waals surface area contributed by atoms with Crippen LogP contribution in [0.1, 0.15) is 92.6 Å². The van der Waals surface area contributed by atoms with E-state index in [-0.39, 0.29) is 17.6 Å². The molecule has 4 nitrogen and oxygen atoms in total. The molecule has 0 radical (unpaired) electrons. The summed E-state index contributed by atoms with van der Waals surface area (Å²) in [6, 6.07) is 5.37. The molecule has 8 heteroatoms. The molecule has 1 saturated heterocycles. The van der Waals surface area contributed by atoms with Gasteiger partial charge in [0.05, 0.1) is 5.60 Å². The maximum Gasteiger partial charge on any atom is 0.436 e. The van der Waals surface area contributed by atoms with Crippen molar-refractivity contribution in [3.8, 4) is 0 Å². The summed E-state index contributed by atoms with van der Waals surface area (Å²) in [5, 5.41) is 3.30.